The number of rotatable bonds is 9. The predicted octanol–water partition coefficient (Wildman–Crippen LogP) is 2.81. The van der Waals surface area contributed by atoms with Gasteiger partial charge in [0, 0.05) is 18.7 Å². The van der Waals surface area contributed by atoms with E-state index in [0.29, 0.717) is 24.2 Å². The Morgan fingerprint density at radius 2 is 1.69 bits per heavy atom. The summed E-state index contributed by atoms with van der Waals surface area (Å²) in [6.07, 6.45) is 1.05. The lowest BCUT2D eigenvalue weighted by atomic mass is 10.1. The summed E-state index contributed by atoms with van der Waals surface area (Å²) in [7, 11) is -3.42. The molecule has 0 atom stereocenters. The summed E-state index contributed by atoms with van der Waals surface area (Å²) in [4.78, 5) is 12.5. The van der Waals surface area contributed by atoms with E-state index < -0.39 is 9.84 Å². The van der Waals surface area contributed by atoms with Crippen molar-refractivity contribution in [2.45, 2.75) is 24.0 Å². The highest BCUT2D eigenvalue weighted by Crippen LogP contribution is 2.17. The Morgan fingerprint density at radius 3 is 2.38 bits per heavy atom. The van der Waals surface area contributed by atoms with Gasteiger partial charge in [-0.2, -0.15) is 0 Å². The molecular weight excluding hydrogens is 372 g/mol. The van der Waals surface area contributed by atoms with Crippen molar-refractivity contribution in [1.29, 1.82) is 0 Å². The molecule has 0 aliphatic carbocycles. The smallest absolute Gasteiger partial charge is 0.251 e. The number of sulfone groups is 1. The highest BCUT2D eigenvalue weighted by molar-refractivity contribution is 7.90. The topological polar surface area (TPSA) is 75.3 Å². The molecule has 0 unspecified atom stereocenters. The maximum atomic E-state index is 12.4. The number of hydrogen-bond donors (Lipinski definition) is 2. The van der Waals surface area contributed by atoms with E-state index in [4.69, 9.17) is 0 Å². The van der Waals surface area contributed by atoms with Gasteiger partial charge in [0.2, 0.25) is 0 Å². The Hall–Kier alpha value is -1.89. The van der Waals surface area contributed by atoms with Crippen molar-refractivity contribution in [3.05, 3.63) is 65.7 Å². The van der Waals surface area contributed by atoms with Gasteiger partial charge in [-0.15, -0.1) is 12.4 Å². The van der Waals surface area contributed by atoms with Gasteiger partial charge in [-0.3, -0.25) is 4.79 Å². The number of benzene rings is 2. The molecule has 0 aliphatic heterocycles. The second-order valence-electron chi connectivity index (χ2n) is 5.78. The Labute approximate surface area is 161 Å². The summed E-state index contributed by atoms with van der Waals surface area (Å²) in [5, 5.41) is 6.04. The standard InChI is InChI=1S/C19H24N2O3S.ClH/c1-2-11-20-12-13-21-19(22)17-8-6-7-16(14-17)15-25(23,24)18-9-4-3-5-10-18;/h3-10,14,20H,2,11-13,15H2,1H3,(H,21,22);1H. The van der Waals surface area contributed by atoms with Crippen LogP contribution in [0.25, 0.3) is 0 Å². The zero-order chi connectivity index (χ0) is 18.1. The molecule has 1 amide bonds. The summed E-state index contributed by atoms with van der Waals surface area (Å²) in [6, 6.07) is 15.1. The summed E-state index contributed by atoms with van der Waals surface area (Å²) < 4.78 is 24.9. The lowest BCUT2D eigenvalue weighted by molar-refractivity contribution is 0.0954. The molecule has 0 spiro atoms. The molecule has 2 rings (SSSR count). The molecule has 0 saturated carbocycles. The van der Waals surface area contributed by atoms with E-state index in [1.54, 1.807) is 54.6 Å². The van der Waals surface area contributed by atoms with Crippen molar-refractivity contribution in [3.63, 3.8) is 0 Å². The van der Waals surface area contributed by atoms with E-state index in [1.165, 1.54) is 0 Å². The van der Waals surface area contributed by atoms with Crippen LogP contribution in [-0.4, -0.2) is 34.0 Å². The van der Waals surface area contributed by atoms with Crippen LogP contribution in [0.15, 0.2) is 59.5 Å². The molecule has 2 aromatic carbocycles. The van der Waals surface area contributed by atoms with E-state index in [9.17, 15) is 13.2 Å². The van der Waals surface area contributed by atoms with Crippen LogP contribution in [0.2, 0.25) is 0 Å². The van der Waals surface area contributed by atoms with Crippen molar-refractivity contribution in [2.24, 2.45) is 0 Å². The predicted molar refractivity (Wildman–Crippen MR) is 107 cm³/mol. The molecule has 26 heavy (non-hydrogen) atoms. The summed E-state index contributed by atoms with van der Waals surface area (Å²) in [6.45, 7) is 4.25. The van der Waals surface area contributed by atoms with Gasteiger partial charge in [0.1, 0.15) is 0 Å². The van der Waals surface area contributed by atoms with Gasteiger partial charge < -0.3 is 10.6 Å². The number of nitrogens with one attached hydrogen (secondary N) is 2. The fourth-order valence-electron chi connectivity index (χ4n) is 2.40. The summed E-state index contributed by atoms with van der Waals surface area (Å²) in [5.41, 5.74) is 1.07. The lowest BCUT2D eigenvalue weighted by Gasteiger charge is -2.08. The van der Waals surface area contributed by atoms with Gasteiger partial charge >= 0.3 is 0 Å². The lowest BCUT2D eigenvalue weighted by Crippen LogP contribution is -2.32. The SMILES string of the molecule is CCCNCCNC(=O)c1cccc(CS(=O)(=O)c2ccccc2)c1.Cl. The van der Waals surface area contributed by atoms with Crippen molar-refractivity contribution in [1.82, 2.24) is 10.6 Å². The number of halogens is 1. The number of carbonyl (C=O) groups is 1. The van der Waals surface area contributed by atoms with E-state index in [0.717, 1.165) is 13.0 Å². The number of hydrogen-bond acceptors (Lipinski definition) is 4. The zero-order valence-electron chi connectivity index (χ0n) is 14.8. The van der Waals surface area contributed by atoms with Crippen LogP contribution in [0.1, 0.15) is 29.3 Å². The van der Waals surface area contributed by atoms with Crippen LogP contribution in [-0.2, 0) is 15.6 Å². The van der Waals surface area contributed by atoms with Crippen LogP contribution < -0.4 is 10.6 Å². The summed E-state index contributed by atoms with van der Waals surface area (Å²) in [5.74, 6) is -0.326. The highest BCUT2D eigenvalue weighted by Gasteiger charge is 2.15. The number of carbonyl (C=O) groups excluding carboxylic acids is 1. The Bertz CT molecular complexity index is 795. The third-order valence-corrected chi connectivity index (χ3v) is 5.37. The quantitative estimate of drug-likeness (QED) is 0.639. The monoisotopic (exact) mass is 396 g/mol. The first-order chi connectivity index (χ1) is 12.0. The molecule has 0 saturated heterocycles. The van der Waals surface area contributed by atoms with Gasteiger partial charge in [0.05, 0.1) is 10.6 Å². The molecule has 5 nitrogen and oxygen atoms in total. The average molecular weight is 397 g/mol. The van der Waals surface area contributed by atoms with Crippen molar-refractivity contribution < 1.29 is 13.2 Å². The molecule has 7 heteroatoms. The zero-order valence-corrected chi connectivity index (χ0v) is 16.4. The molecule has 0 fully saturated rings. The maximum Gasteiger partial charge on any atom is 0.251 e. The first-order valence-electron chi connectivity index (χ1n) is 8.38. The van der Waals surface area contributed by atoms with Crippen molar-refractivity contribution >= 4 is 28.2 Å². The first kappa shape index (κ1) is 22.2. The highest BCUT2D eigenvalue weighted by atomic mass is 35.5. The van der Waals surface area contributed by atoms with Crippen LogP contribution in [0.5, 0.6) is 0 Å². The third-order valence-electron chi connectivity index (χ3n) is 3.66. The molecule has 0 heterocycles. The Balaban J connectivity index is 0.00000338. The molecule has 2 N–H and O–H groups in total. The normalized spacial score (nSPS) is 10.8. The first-order valence-corrected chi connectivity index (χ1v) is 10.0. The minimum absolute atomic E-state index is 0. The minimum Gasteiger partial charge on any atom is -0.351 e. The molecule has 0 aromatic heterocycles. The van der Waals surface area contributed by atoms with Gasteiger partial charge in [0.25, 0.3) is 5.91 Å². The number of amides is 1. The molecule has 0 bridgehead atoms. The van der Waals surface area contributed by atoms with Crippen LogP contribution in [0.3, 0.4) is 0 Å². The van der Waals surface area contributed by atoms with Crippen molar-refractivity contribution in [3.8, 4) is 0 Å². The Kier molecular flexibility index (Phi) is 9.34. The molecule has 0 aliphatic rings. The third kappa shape index (κ3) is 6.78. The van der Waals surface area contributed by atoms with Gasteiger partial charge in [-0.25, -0.2) is 8.42 Å². The van der Waals surface area contributed by atoms with Crippen molar-refractivity contribution in [2.75, 3.05) is 19.6 Å². The van der Waals surface area contributed by atoms with E-state index in [2.05, 4.69) is 17.6 Å². The largest absolute Gasteiger partial charge is 0.351 e. The maximum absolute atomic E-state index is 12.4. The second-order valence-corrected chi connectivity index (χ2v) is 7.77. The van der Waals surface area contributed by atoms with E-state index >= 15 is 0 Å². The molecule has 2 aromatic rings. The van der Waals surface area contributed by atoms with Crippen LogP contribution >= 0.6 is 12.4 Å². The van der Waals surface area contributed by atoms with E-state index in [1.807, 2.05) is 0 Å². The molecular formula is C19H25ClN2O3S. The minimum atomic E-state index is -3.42. The fraction of sp³-hybridized carbons (Fsp3) is 0.316. The van der Waals surface area contributed by atoms with Gasteiger partial charge in [-0.05, 0) is 42.8 Å². The fourth-order valence-corrected chi connectivity index (χ4v) is 3.76. The average Bonchev–Trinajstić information content (AvgIpc) is 2.62. The summed E-state index contributed by atoms with van der Waals surface area (Å²) >= 11 is 0. The Morgan fingerprint density at radius 1 is 0.962 bits per heavy atom. The second kappa shape index (κ2) is 11.0. The van der Waals surface area contributed by atoms with Gasteiger partial charge in [-0.1, -0.05) is 37.3 Å². The van der Waals surface area contributed by atoms with Crippen LogP contribution in [0, 0.1) is 0 Å². The molecule has 142 valence electrons. The van der Waals surface area contributed by atoms with Gasteiger partial charge in [0.15, 0.2) is 9.84 Å². The van der Waals surface area contributed by atoms with Crippen LogP contribution in [0.4, 0.5) is 0 Å². The van der Waals surface area contributed by atoms with E-state index in [-0.39, 0.29) is 29.0 Å². The molecule has 0 radical (unpaired) electrons.